The highest BCUT2D eigenvalue weighted by atomic mass is 35.5. The van der Waals surface area contributed by atoms with Crippen LogP contribution in [0.25, 0.3) is 21.6 Å². The molecule has 2 aromatic carbocycles. The molecule has 1 amide bonds. The van der Waals surface area contributed by atoms with Gasteiger partial charge in [-0.1, -0.05) is 58.0 Å². The molecule has 1 saturated heterocycles. The molecular formula is C34H37ClN12O4S2. The van der Waals surface area contributed by atoms with Gasteiger partial charge in [0.15, 0.2) is 0 Å². The average Bonchev–Trinajstić information content (AvgIpc) is 3.90. The number of pyridine rings is 1. The van der Waals surface area contributed by atoms with Crippen molar-refractivity contribution < 1.29 is 19.1 Å². The maximum absolute atomic E-state index is 12.2. The highest BCUT2D eigenvalue weighted by molar-refractivity contribution is 8.02. The van der Waals surface area contributed by atoms with Crippen LogP contribution >= 0.6 is 35.1 Å². The minimum atomic E-state index is -1.10. The van der Waals surface area contributed by atoms with Gasteiger partial charge in [0.05, 0.1) is 6.54 Å². The molecule has 2 aliphatic rings. The van der Waals surface area contributed by atoms with Crippen molar-refractivity contribution in [2.75, 3.05) is 50.0 Å². The smallest absolute Gasteiger partial charge is 0.325 e. The summed E-state index contributed by atoms with van der Waals surface area (Å²) in [5, 5.41) is 32.6. The van der Waals surface area contributed by atoms with Gasteiger partial charge in [-0.15, -0.1) is 11.8 Å². The molecule has 16 nitrogen and oxygen atoms in total. The zero-order valence-corrected chi connectivity index (χ0v) is 30.8. The molecule has 5 rings (SSSR count). The predicted octanol–water partition coefficient (Wildman–Crippen LogP) is 6.22. The number of esters is 1. The third-order valence-electron chi connectivity index (χ3n) is 8.14. The van der Waals surface area contributed by atoms with E-state index >= 15 is 0 Å². The number of benzene rings is 2. The minimum absolute atomic E-state index is 0.0471. The Labute approximate surface area is 318 Å². The van der Waals surface area contributed by atoms with Crippen molar-refractivity contribution in [2.24, 2.45) is 10.3 Å². The molecule has 0 aliphatic carbocycles. The van der Waals surface area contributed by atoms with Gasteiger partial charge < -0.3 is 35.8 Å². The van der Waals surface area contributed by atoms with Gasteiger partial charge >= 0.3 is 5.97 Å². The molecule has 0 saturated carbocycles. The second kappa shape index (κ2) is 19.5. The summed E-state index contributed by atoms with van der Waals surface area (Å²) in [6.07, 6.45) is 4.70. The van der Waals surface area contributed by atoms with Crippen LogP contribution in [0.15, 0.2) is 75.0 Å². The zero-order chi connectivity index (χ0) is 37.6. The summed E-state index contributed by atoms with van der Waals surface area (Å²) in [5.74, 6) is 0.481. The molecule has 3 aromatic rings. The number of azide groups is 1. The number of nitrogens with zero attached hydrogens (tertiary/aromatic N) is 6. The maximum atomic E-state index is 12.2. The number of halogens is 1. The molecule has 1 unspecified atom stereocenters. The number of nitrogens with one attached hydrogen (secondary N) is 6. The minimum Gasteiger partial charge on any atom is -0.490 e. The highest BCUT2D eigenvalue weighted by Crippen LogP contribution is 2.40. The fraction of sp³-hybridized carbons (Fsp3) is 0.324. The van der Waals surface area contributed by atoms with Crippen LogP contribution in [0, 0.1) is 16.3 Å². The van der Waals surface area contributed by atoms with Gasteiger partial charge in [-0.05, 0) is 59.2 Å². The molecule has 1 aromatic heterocycles. The molecule has 2 atom stereocenters. The van der Waals surface area contributed by atoms with E-state index in [9.17, 15) is 9.59 Å². The van der Waals surface area contributed by atoms with E-state index in [-0.39, 0.29) is 25.1 Å². The lowest BCUT2D eigenvalue weighted by Gasteiger charge is -2.24. The van der Waals surface area contributed by atoms with E-state index in [4.69, 9.17) is 47.9 Å². The molecule has 53 heavy (non-hydrogen) atoms. The van der Waals surface area contributed by atoms with E-state index in [1.165, 1.54) is 12.4 Å². The second-order valence-electron chi connectivity index (χ2n) is 11.6. The largest absolute Gasteiger partial charge is 0.490 e. The van der Waals surface area contributed by atoms with Crippen molar-refractivity contribution in [3.63, 3.8) is 0 Å². The Morgan fingerprint density at radius 2 is 1.87 bits per heavy atom. The van der Waals surface area contributed by atoms with E-state index in [2.05, 4.69) is 41.6 Å². The number of ether oxygens (including phenoxy) is 2. The Hall–Kier alpha value is -5.29. The summed E-state index contributed by atoms with van der Waals surface area (Å²) in [6.45, 7) is 0.923. The normalized spacial score (nSPS) is 15.3. The van der Waals surface area contributed by atoms with Gasteiger partial charge in [-0.3, -0.25) is 15.0 Å². The summed E-state index contributed by atoms with van der Waals surface area (Å²) >= 11 is 9.33. The SMILES string of the molecule is [N-]=[N+]=NC[C@H](NN=N)C(=O)NCC(=O)OCCOc1ccc(-c2c(C=N)c(SCC3=CSC(c4ccc(Cl)cc4)N3)nc(N3CCCC3)c2C=N)cc1. The average molecular weight is 777 g/mol. The van der Waals surface area contributed by atoms with Crippen LogP contribution in [-0.2, 0) is 14.3 Å². The lowest BCUT2D eigenvalue weighted by Crippen LogP contribution is -2.45. The number of anilines is 1. The van der Waals surface area contributed by atoms with Crippen LogP contribution in [0.2, 0.25) is 5.02 Å². The lowest BCUT2D eigenvalue weighted by atomic mass is 9.96. The van der Waals surface area contributed by atoms with E-state index in [1.807, 2.05) is 36.4 Å². The Morgan fingerprint density at radius 3 is 2.55 bits per heavy atom. The Bertz CT molecular complexity index is 1890. The van der Waals surface area contributed by atoms with Gasteiger partial charge in [0, 0.05) is 63.6 Å². The van der Waals surface area contributed by atoms with Gasteiger partial charge in [0.1, 0.15) is 47.8 Å². The number of amides is 1. The summed E-state index contributed by atoms with van der Waals surface area (Å²) in [5.41, 5.74) is 22.5. The molecule has 6 N–H and O–H groups in total. The molecule has 0 radical (unpaired) electrons. The Morgan fingerprint density at radius 1 is 1.13 bits per heavy atom. The van der Waals surface area contributed by atoms with Crippen molar-refractivity contribution in [1.82, 2.24) is 21.0 Å². The first kappa shape index (κ1) is 38.9. The van der Waals surface area contributed by atoms with Gasteiger partial charge in [0.25, 0.3) is 0 Å². The zero-order valence-electron chi connectivity index (χ0n) is 28.4. The molecule has 0 spiro atoms. The summed E-state index contributed by atoms with van der Waals surface area (Å²) in [4.78, 5) is 34.1. The predicted molar refractivity (Wildman–Crippen MR) is 206 cm³/mol. The summed E-state index contributed by atoms with van der Waals surface area (Å²) in [7, 11) is 0. The van der Waals surface area contributed by atoms with Crippen molar-refractivity contribution >= 4 is 65.2 Å². The Balaban J connectivity index is 1.23. The molecule has 276 valence electrons. The van der Waals surface area contributed by atoms with Crippen LogP contribution in [0.3, 0.4) is 0 Å². The van der Waals surface area contributed by atoms with Crippen molar-refractivity contribution in [3.8, 4) is 16.9 Å². The van der Waals surface area contributed by atoms with E-state index in [1.54, 1.807) is 35.7 Å². The molecular weight excluding hydrogens is 740 g/mol. The van der Waals surface area contributed by atoms with Crippen molar-refractivity contribution in [1.29, 1.82) is 16.3 Å². The van der Waals surface area contributed by atoms with E-state index < -0.39 is 24.5 Å². The molecule has 3 heterocycles. The number of carbonyl (C=O) groups is 2. The first-order valence-corrected chi connectivity index (χ1v) is 18.8. The van der Waals surface area contributed by atoms with Crippen molar-refractivity contribution in [2.45, 2.75) is 29.3 Å². The molecule has 19 heteroatoms. The number of hydrogen-bond acceptors (Lipinski definition) is 14. The maximum Gasteiger partial charge on any atom is 0.325 e. The molecule has 0 bridgehead atoms. The fourth-order valence-electron chi connectivity index (χ4n) is 5.59. The number of hydrogen-bond donors (Lipinski definition) is 6. The lowest BCUT2D eigenvalue weighted by molar-refractivity contribution is -0.144. The Kier molecular flexibility index (Phi) is 14.3. The standard InChI is InChI=1S/C34H37ClN12O4S2/c35-23-7-3-22(4-8-23)33-42-24(19-52-33)20-53-34-27(16-37)30(26(15-36)31(43-34)47-11-1-2-12-47)21-5-9-25(10-6-21)50-13-14-51-29(48)18-40-32(49)28(44-46-39)17-41-45-38/h3-10,15-16,19,28,33,36-37,42H,1-2,11-14,17-18,20H2,(H2,39,44)(H,40,49)/t28-,33?/m0/s1. The topological polar surface area (TPSA) is 237 Å². The number of thioether (sulfide) groups is 2. The summed E-state index contributed by atoms with van der Waals surface area (Å²) < 4.78 is 10.9. The number of rotatable bonds is 19. The second-order valence-corrected chi connectivity index (χ2v) is 14.0. The van der Waals surface area contributed by atoms with Crippen LogP contribution in [0.4, 0.5) is 5.82 Å². The molecule has 2 aliphatic heterocycles. The number of aromatic nitrogens is 1. The highest BCUT2D eigenvalue weighted by Gasteiger charge is 2.26. The van der Waals surface area contributed by atoms with E-state index in [0.29, 0.717) is 32.7 Å². The fourth-order valence-corrected chi connectivity index (χ4v) is 7.74. The summed E-state index contributed by atoms with van der Waals surface area (Å²) in [6, 6.07) is 14.0. The monoisotopic (exact) mass is 776 g/mol. The van der Waals surface area contributed by atoms with Gasteiger partial charge in [-0.25, -0.2) is 4.98 Å². The first-order chi connectivity index (χ1) is 25.8. The van der Waals surface area contributed by atoms with Crippen LogP contribution < -0.4 is 25.7 Å². The quantitative estimate of drug-likeness (QED) is 0.0117. The van der Waals surface area contributed by atoms with E-state index in [0.717, 1.165) is 54.1 Å². The molecule has 1 fully saturated rings. The number of carbonyl (C=O) groups excluding carboxylic acids is 2. The van der Waals surface area contributed by atoms with Crippen LogP contribution in [0.1, 0.15) is 34.9 Å². The third kappa shape index (κ3) is 10.4. The van der Waals surface area contributed by atoms with Gasteiger partial charge in [-0.2, -0.15) is 5.53 Å². The van der Waals surface area contributed by atoms with Crippen molar-refractivity contribution in [3.05, 3.63) is 91.8 Å². The van der Waals surface area contributed by atoms with Crippen LogP contribution in [-0.4, -0.2) is 80.5 Å². The first-order valence-electron chi connectivity index (χ1n) is 16.5. The van der Waals surface area contributed by atoms with Crippen LogP contribution in [0.5, 0.6) is 5.75 Å². The third-order valence-corrected chi connectivity index (χ3v) is 10.5. The van der Waals surface area contributed by atoms with Gasteiger partial charge in [0.2, 0.25) is 5.91 Å².